The number of aromatic nitrogens is 2. The van der Waals surface area contributed by atoms with Gasteiger partial charge in [-0.1, -0.05) is 0 Å². The van der Waals surface area contributed by atoms with Gasteiger partial charge in [0.05, 0.1) is 19.8 Å². The van der Waals surface area contributed by atoms with Gasteiger partial charge in [0, 0.05) is 25.2 Å². The van der Waals surface area contributed by atoms with Crippen LogP contribution in [0.4, 0.5) is 11.6 Å². The zero-order valence-electron chi connectivity index (χ0n) is 11.5. The third-order valence-electron chi connectivity index (χ3n) is 2.90. The first kappa shape index (κ1) is 13.4. The third-order valence-corrected chi connectivity index (χ3v) is 2.90. The summed E-state index contributed by atoms with van der Waals surface area (Å²) >= 11 is 0. The van der Waals surface area contributed by atoms with E-state index in [1.807, 2.05) is 35.0 Å². The van der Waals surface area contributed by atoms with E-state index < -0.39 is 0 Å². The Labute approximate surface area is 113 Å². The molecule has 5 heteroatoms. The van der Waals surface area contributed by atoms with Crippen molar-refractivity contribution in [3.8, 4) is 5.75 Å². The predicted octanol–water partition coefficient (Wildman–Crippen LogP) is 2.84. The summed E-state index contributed by atoms with van der Waals surface area (Å²) in [6.07, 6.45) is 3.72. The van der Waals surface area contributed by atoms with Crippen LogP contribution < -0.4 is 10.1 Å². The highest BCUT2D eigenvalue weighted by Crippen LogP contribution is 2.21. The molecule has 1 aromatic heterocycles. The average molecular weight is 261 g/mol. The number of imidazole rings is 1. The van der Waals surface area contributed by atoms with Crippen LogP contribution in [0.2, 0.25) is 0 Å². The van der Waals surface area contributed by atoms with Crippen LogP contribution in [0, 0.1) is 0 Å². The smallest absolute Gasteiger partial charge is 0.207 e. The molecule has 0 spiro atoms. The van der Waals surface area contributed by atoms with E-state index in [1.54, 1.807) is 20.4 Å². The van der Waals surface area contributed by atoms with Gasteiger partial charge >= 0.3 is 0 Å². The number of nitrogens with one attached hydrogen (secondary N) is 1. The molecule has 0 saturated heterocycles. The summed E-state index contributed by atoms with van der Waals surface area (Å²) in [6.45, 7) is 2.73. The van der Waals surface area contributed by atoms with E-state index in [0.717, 1.165) is 17.4 Å². The summed E-state index contributed by atoms with van der Waals surface area (Å²) in [5, 5.41) is 3.28. The second-order valence-electron chi connectivity index (χ2n) is 4.32. The molecule has 0 bridgehead atoms. The molecule has 0 aliphatic heterocycles. The predicted molar refractivity (Wildman–Crippen MR) is 75.1 cm³/mol. The Balaban J connectivity index is 2.12. The molecule has 2 rings (SSSR count). The Bertz CT molecular complexity index is 508. The topological polar surface area (TPSA) is 48.3 Å². The highest BCUT2D eigenvalue weighted by molar-refractivity contribution is 5.55. The number of hydrogen-bond donors (Lipinski definition) is 1. The van der Waals surface area contributed by atoms with Crippen LogP contribution in [0.15, 0.2) is 36.7 Å². The average Bonchev–Trinajstić information content (AvgIpc) is 2.88. The zero-order chi connectivity index (χ0) is 13.7. The van der Waals surface area contributed by atoms with Crippen LogP contribution in [0.25, 0.3) is 0 Å². The molecule has 0 radical (unpaired) electrons. The molecule has 0 saturated carbocycles. The number of rotatable bonds is 6. The normalized spacial score (nSPS) is 12.2. The summed E-state index contributed by atoms with van der Waals surface area (Å²) in [4.78, 5) is 4.32. The molecule has 0 fully saturated rings. The van der Waals surface area contributed by atoms with Crippen molar-refractivity contribution in [2.75, 3.05) is 26.1 Å². The fourth-order valence-electron chi connectivity index (χ4n) is 1.89. The summed E-state index contributed by atoms with van der Waals surface area (Å²) in [7, 11) is 3.35. The molecule has 5 nitrogen and oxygen atoms in total. The summed E-state index contributed by atoms with van der Waals surface area (Å²) in [6, 6.07) is 7.97. The van der Waals surface area contributed by atoms with Gasteiger partial charge in [0.1, 0.15) is 5.75 Å². The lowest BCUT2D eigenvalue weighted by atomic mass is 10.3. The molecule has 1 unspecified atom stereocenters. The molecule has 0 aliphatic rings. The van der Waals surface area contributed by atoms with Gasteiger partial charge in [-0.2, -0.15) is 0 Å². The minimum Gasteiger partial charge on any atom is -0.497 e. The second-order valence-corrected chi connectivity index (χ2v) is 4.32. The monoisotopic (exact) mass is 261 g/mol. The fourth-order valence-corrected chi connectivity index (χ4v) is 1.89. The van der Waals surface area contributed by atoms with Gasteiger partial charge in [-0.3, -0.25) is 0 Å². The maximum Gasteiger partial charge on any atom is 0.207 e. The minimum atomic E-state index is 0.230. The van der Waals surface area contributed by atoms with E-state index in [-0.39, 0.29) is 6.04 Å². The first-order valence-corrected chi connectivity index (χ1v) is 6.17. The SMILES string of the molecule is COCC(C)n1ccnc1Nc1ccc(OC)cc1. The number of ether oxygens (including phenoxy) is 2. The lowest BCUT2D eigenvalue weighted by Crippen LogP contribution is -2.12. The number of benzene rings is 1. The first-order chi connectivity index (χ1) is 9.24. The van der Waals surface area contributed by atoms with Crippen molar-refractivity contribution in [2.24, 2.45) is 0 Å². The van der Waals surface area contributed by atoms with Crippen molar-refractivity contribution in [3.63, 3.8) is 0 Å². The van der Waals surface area contributed by atoms with E-state index in [4.69, 9.17) is 9.47 Å². The van der Waals surface area contributed by atoms with Gasteiger partial charge in [0.15, 0.2) is 0 Å². The molecule has 1 aromatic carbocycles. The quantitative estimate of drug-likeness (QED) is 0.868. The van der Waals surface area contributed by atoms with Crippen molar-refractivity contribution in [1.82, 2.24) is 9.55 Å². The molecule has 19 heavy (non-hydrogen) atoms. The van der Waals surface area contributed by atoms with Crippen molar-refractivity contribution in [3.05, 3.63) is 36.7 Å². The van der Waals surface area contributed by atoms with Crippen molar-refractivity contribution in [2.45, 2.75) is 13.0 Å². The highest BCUT2D eigenvalue weighted by atomic mass is 16.5. The van der Waals surface area contributed by atoms with Crippen LogP contribution in [0.1, 0.15) is 13.0 Å². The van der Waals surface area contributed by atoms with Gasteiger partial charge in [-0.05, 0) is 31.2 Å². The molecule has 0 aliphatic carbocycles. The molecular weight excluding hydrogens is 242 g/mol. The van der Waals surface area contributed by atoms with Gasteiger partial charge in [-0.15, -0.1) is 0 Å². The second kappa shape index (κ2) is 6.24. The van der Waals surface area contributed by atoms with Crippen LogP contribution >= 0.6 is 0 Å². The number of methoxy groups -OCH3 is 2. The molecule has 102 valence electrons. The van der Waals surface area contributed by atoms with Crippen LogP contribution in [0.3, 0.4) is 0 Å². The number of nitrogens with zero attached hydrogens (tertiary/aromatic N) is 2. The number of anilines is 2. The van der Waals surface area contributed by atoms with Crippen molar-refractivity contribution >= 4 is 11.6 Å². The Morgan fingerprint density at radius 2 is 2.00 bits per heavy atom. The lowest BCUT2D eigenvalue weighted by Gasteiger charge is -2.16. The van der Waals surface area contributed by atoms with Gasteiger partial charge < -0.3 is 19.4 Å². The van der Waals surface area contributed by atoms with Crippen LogP contribution in [0.5, 0.6) is 5.75 Å². The largest absolute Gasteiger partial charge is 0.497 e. The molecule has 0 amide bonds. The third kappa shape index (κ3) is 3.26. The summed E-state index contributed by atoms with van der Waals surface area (Å²) in [5.74, 6) is 1.64. The van der Waals surface area contributed by atoms with E-state index in [1.165, 1.54) is 0 Å². The van der Waals surface area contributed by atoms with Crippen molar-refractivity contribution in [1.29, 1.82) is 0 Å². The molecule has 1 atom stereocenters. The minimum absolute atomic E-state index is 0.230. The Kier molecular flexibility index (Phi) is 4.41. The van der Waals surface area contributed by atoms with E-state index in [0.29, 0.717) is 6.61 Å². The van der Waals surface area contributed by atoms with Gasteiger partial charge in [0.25, 0.3) is 0 Å². The van der Waals surface area contributed by atoms with E-state index >= 15 is 0 Å². The Hall–Kier alpha value is -2.01. The first-order valence-electron chi connectivity index (χ1n) is 6.17. The molecule has 2 aromatic rings. The summed E-state index contributed by atoms with van der Waals surface area (Å²) < 4.78 is 12.4. The van der Waals surface area contributed by atoms with E-state index in [2.05, 4.69) is 17.2 Å². The maximum absolute atomic E-state index is 5.17. The molecular formula is C14H19N3O2. The zero-order valence-corrected chi connectivity index (χ0v) is 11.5. The Morgan fingerprint density at radius 3 is 2.63 bits per heavy atom. The maximum atomic E-state index is 5.17. The fraction of sp³-hybridized carbons (Fsp3) is 0.357. The van der Waals surface area contributed by atoms with Gasteiger partial charge in [0.2, 0.25) is 5.95 Å². The Morgan fingerprint density at radius 1 is 1.26 bits per heavy atom. The molecule has 1 N–H and O–H groups in total. The standard InChI is InChI=1S/C14H19N3O2/c1-11(10-18-2)17-9-8-15-14(17)16-12-4-6-13(19-3)7-5-12/h4-9,11H,10H2,1-3H3,(H,15,16). The molecule has 1 heterocycles. The number of hydrogen-bond acceptors (Lipinski definition) is 4. The van der Waals surface area contributed by atoms with E-state index in [9.17, 15) is 0 Å². The highest BCUT2D eigenvalue weighted by Gasteiger charge is 2.09. The van der Waals surface area contributed by atoms with Crippen LogP contribution in [-0.4, -0.2) is 30.4 Å². The van der Waals surface area contributed by atoms with Crippen LogP contribution in [-0.2, 0) is 4.74 Å². The van der Waals surface area contributed by atoms with Crippen molar-refractivity contribution < 1.29 is 9.47 Å². The van der Waals surface area contributed by atoms with Gasteiger partial charge in [-0.25, -0.2) is 4.98 Å². The lowest BCUT2D eigenvalue weighted by molar-refractivity contribution is 0.163. The summed E-state index contributed by atoms with van der Waals surface area (Å²) in [5.41, 5.74) is 0.970.